The molecular formula is C22H20N2O3S2. The highest BCUT2D eigenvalue weighted by molar-refractivity contribution is 7.90. The molecule has 5 nitrogen and oxygen atoms in total. The third kappa shape index (κ3) is 5.49. The lowest BCUT2D eigenvalue weighted by Crippen LogP contribution is -2.34. The number of sulfone groups is 1. The molecule has 3 rings (SSSR count). The van der Waals surface area contributed by atoms with E-state index in [4.69, 9.17) is 12.2 Å². The Bertz CT molecular complexity index is 1130. The molecule has 0 bridgehead atoms. The van der Waals surface area contributed by atoms with Crippen LogP contribution in [0, 0.1) is 6.92 Å². The molecule has 0 aliphatic rings. The zero-order chi connectivity index (χ0) is 20.9. The predicted molar refractivity (Wildman–Crippen MR) is 119 cm³/mol. The van der Waals surface area contributed by atoms with E-state index in [9.17, 15) is 13.2 Å². The standard InChI is InChI=1S/C22H20N2O3S2/c1-16-7-5-6-10-20(16)21(25)24-22(28)23-18-11-13-19(14-12-18)29(26,27)15-17-8-3-2-4-9-17/h2-14H,15H2,1H3,(H2,23,24,25,28). The third-order valence-corrected chi connectivity index (χ3v) is 6.20. The van der Waals surface area contributed by atoms with Crippen LogP contribution in [-0.4, -0.2) is 19.4 Å². The summed E-state index contributed by atoms with van der Waals surface area (Å²) >= 11 is 5.19. The van der Waals surface area contributed by atoms with Crippen molar-refractivity contribution in [1.29, 1.82) is 0 Å². The van der Waals surface area contributed by atoms with Gasteiger partial charge in [0, 0.05) is 11.3 Å². The molecule has 0 atom stereocenters. The first kappa shape index (κ1) is 20.7. The quantitative estimate of drug-likeness (QED) is 0.603. The summed E-state index contributed by atoms with van der Waals surface area (Å²) in [5, 5.41) is 5.66. The van der Waals surface area contributed by atoms with Crippen molar-refractivity contribution in [3.05, 3.63) is 95.6 Å². The Hall–Kier alpha value is -3.03. The summed E-state index contributed by atoms with van der Waals surface area (Å²) in [6.45, 7) is 1.85. The molecule has 7 heteroatoms. The maximum absolute atomic E-state index is 12.6. The number of carbonyl (C=O) groups is 1. The molecule has 0 aromatic heterocycles. The zero-order valence-electron chi connectivity index (χ0n) is 15.8. The number of rotatable bonds is 5. The van der Waals surface area contributed by atoms with Crippen molar-refractivity contribution in [2.24, 2.45) is 0 Å². The Balaban J connectivity index is 1.63. The molecule has 0 fully saturated rings. The van der Waals surface area contributed by atoms with Gasteiger partial charge in [0.15, 0.2) is 14.9 Å². The van der Waals surface area contributed by atoms with E-state index in [0.717, 1.165) is 11.1 Å². The summed E-state index contributed by atoms with van der Waals surface area (Å²) in [7, 11) is -3.45. The van der Waals surface area contributed by atoms with E-state index in [0.29, 0.717) is 11.3 Å². The summed E-state index contributed by atoms with van der Waals surface area (Å²) in [5.41, 5.74) is 2.70. The average molecular weight is 425 g/mol. The summed E-state index contributed by atoms with van der Waals surface area (Å²) in [6, 6.07) is 22.5. The highest BCUT2D eigenvalue weighted by Gasteiger charge is 2.15. The first-order valence-corrected chi connectivity index (χ1v) is 11.0. The van der Waals surface area contributed by atoms with Gasteiger partial charge in [-0.05, 0) is 60.6 Å². The molecule has 0 unspecified atom stereocenters. The first-order chi connectivity index (χ1) is 13.8. The fourth-order valence-electron chi connectivity index (χ4n) is 2.78. The van der Waals surface area contributed by atoms with Gasteiger partial charge in [0.1, 0.15) is 0 Å². The molecule has 0 saturated heterocycles. The van der Waals surface area contributed by atoms with Gasteiger partial charge in [0.05, 0.1) is 10.6 Å². The van der Waals surface area contributed by atoms with Gasteiger partial charge < -0.3 is 5.32 Å². The Morgan fingerprint density at radius 1 is 0.897 bits per heavy atom. The molecule has 3 aromatic carbocycles. The second kappa shape index (κ2) is 8.98. The lowest BCUT2D eigenvalue weighted by atomic mass is 10.1. The van der Waals surface area contributed by atoms with Gasteiger partial charge in [0.2, 0.25) is 0 Å². The number of hydrogen-bond donors (Lipinski definition) is 2. The van der Waals surface area contributed by atoms with Gasteiger partial charge in [0.25, 0.3) is 5.91 Å². The van der Waals surface area contributed by atoms with Crippen LogP contribution in [-0.2, 0) is 15.6 Å². The average Bonchev–Trinajstić information content (AvgIpc) is 2.69. The Labute approximate surface area is 175 Å². The van der Waals surface area contributed by atoms with Crippen LogP contribution in [0.15, 0.2) is 83.8 Å². The third-order valence-electron chi connectivity index (χ3n) is 4.29. The number of thiocarbonyl (C=S) groups is 1. The van der Waals surface area contributed by atoms with E-state index < -0.39 is 9.84 Å². The van der Waals surface area contributed by atoms with Gasteiger partial charge in [-0.15, -0.1) is 0 Å². The SMILES string of the molecule is Cc1ccccc1C(=O)NC(=S)Nc1ccc(S(=O)(=O)Cc2ccccc2)cc1. The van der Waals surface area contributed by atoms with Crippen LogP contribution in [0.4, 0.5) is 5.69 Å². The Morgan fingerprint density at radius 3 is 2.17 bits per heavy atom. The summed E-state index contributed by atoms with van der Waals surface area (Å²) in [4.78, 5) is 12.5. The molecule has 3 aromatic rings. The zero-order valence-corrected chi connectivity index (χ0v) is 17.4. The van der Waals surface area contributed by atoms with Gasteiger partial charge in [-0.3, -0.25) is 10.1 Å². The van der Waals surface area contributed by atoms with Crippen molar-refractivity contribution in [2.75, 3.05) is 5.32 Å². The molecule has 0 spiro atoms. The van der Waals surface area contributed by atoms with Crippen molar-refractivity contribution < 1.29 is 13.2 Å². The first-order valence-electron chi connectivity index (χ1n) is 8.90. The summed E-state index contributed by atoms with van der Waals surface area (Å²) in [6.07, 6.45) is 0. The molecule has 0 aliphatic heterocycles. The van der Waals surface area contributed by atoms with Crippen molar-refractivity contribution in [2.45, 2.75) is 17.6 Å². The highest BCUT2D eigenvalue weighted by atomic mass is 32.2. The number of amides is 1. The largest absolute Gasteiger partial charge is 0.332 e. The maximum atomic E-state index is 12.6. The number of hydrogen-bond acceptors (Lipinski definition) is 4. The molecule has 0 heterocycles. The van der Waals surface area contributed by atoms with Crippen LogP contribution >= 0.6 is 12.2 Å². The van der Waals surface area contributed by atoms with E-state index in [2.05, 4.69) is 10.6 Å². The summed E-state index contributed by atoms with van der Waals surface area (Å²) in [5.74, 6) is -0.367. The number of carbonyl (C=O) groups excluding carboxylic acids is 1. The van der Waals surface area contributed by atoms with Gasteiger partial charge in [-0.2, -0.15) is 0 Å². The minimum atomic E-state index is -3.45. The van der Waals surface area contributed by atoms with Gasteiger partial charge >= 0.3 is 0 Å². The van der Waals surface area contributed by atoms with Crippen LogP contribution in [0.3, 0.4) is 0 Å². The molecule has 0 radical (unpaired) electrons. The number of anilines is 1. The monoisotopic (exact) mass is 424 g/mol. The molecule has 29 heavy (non-hydrogen) atoms. The van der Waals surface area contributed by atoms with E-state index in [-0.39, 0.29) is 21.7 Å². The van der Waals surface area contributed by atoms with Crippen molar-refractivity contribution in [1.82, 2.24) is 5.32 Å². The maximum Gasteiger partial charge on any atom is 0.257 e. The molecular weight excluding hydrogens is 404 g/mol. The van der Waals surface area contributed by atoms with Crippen LogP contribution < -0.4 is 10.6 Å². The van der Waals surface area contributed by atoms with Gasteiger partial charge in [-0.1, -0.05) is 48.5 Å². The normalized spacial score (nSPS) is 10.9. The van der Waals surface area contributed by atoms with Crippen LogP contribution in [0.2, 0.25) is 0 Å². The van der Waals surface area contributed by atoms with Crippen LogP contribution in [0.1, 0.15) is 21.5 Å². The molecule has 0 aliphatic carbocycles. The van der Waals surface area contributed by atoms with Crippen molar-refractivity contribution in [3.8, 4) is 0 Å². The van der Waals surface area contributed by atoms with E-state index >= 15 is 0 Å². The molecule has 0 saturated carbocycles. The minimum absolute atomic E-state index is 0.0640. The van der Waals surface area contributed by atoms with Crippen LogP contribution in [0.25, 0.3) is 0 Å². The molecule has 148 valence electrons. The second-order valence-electron chi connectivity index (χ2n) is 6.49. The lowest BCUT2D eigenvalue weighted by Gasteiger charge is -2.11. The number of nitrogens with one attached hydrogen (secondary N) is 2. The lowest BCUT2D eigenvalue weighted by molar-refractivity contribution is 0.0977. The Morgan fingerprint density at radius 2 is 1.52 bits per heavy atom. The number of benzene rings is 3. The minimum Gasteiger partial charge on any atom is -0.332 e. The fraction of sp³-hybridized carbons (Fsp3) is 0.0909. The summed E-state index contributed by atoms with van der Waals surface area (Å²) < 4.78 is 25.1. The molecule has 1 amide bonds. The predicted octanol–water partition coefficient (Wildman–Crippen LogP) is 4.10. The fourth-order valence-corrected chi connectivity index (χ4v) is 4.34. The van der Waals surface area contributed by atoms with Crippen molar-refractivity contribution in [3.63, 3.8) is 0 Å². The Kier molecular flexibility index (Phi) is 6.41. The van der Waals surface area contributed by atoms with Crippen molar-refractivity contribution >= 4 is 38.8 Å². The van der Waals surface area contributed by atoms with E-state index in [1.54, 1.807) is 36.4 Å². The van der Waals surface area contributed by atoms with E-state index in [1.807, 2.05) is 37.3 Å². The molecule has 2 N–H and O–H groups in total. The van der Waals surface area contributed by atoms with Crippen LogP contribution in [0.5, 0.6) is 0 Å². The highest BCUT2D eigenvalue weighted by Crippen LogP contribution is 2.19. The second-order valence-corrected chi connectivity index (χ2v) is 8.89. The topological polar surface area (TPSA) is 75.3 Å². The van der Waals surface area contributed by atoms with E-state index in [1.165, 1.54) is 12.1 Å². The smallest absolute Gasteiger partial charge is 0.257 e. The van der Waals surface area contributed by atoms with Gasteiger partial charge in [-0.25, -0.2) is 8.42 Å². The number of aryl methyl sites for hydroxylation is 1.